The van der Waals surface area contributed by atoms with Crippen LogP contribution in [0.2, 0.25) is 0 Å². The molecule has 3 N–H and O–H groups in total. The molecule has 2 aromatic rings. The van der Waals surface area contributed by atoms with Crippen molar-refractivity contribution < 1.29 is 24.2 Å². The Morgan fingerprint density at radius 2 is 1.65 bits per heavy atom. The Balaban J connectivity index is 1.38. The number of benzene rings is 2. The Kier molecular flexibility index (Phi) is 7.77. The van der Waals surface area contributed by atoms with Crippen LogP contribution < -0.4 is 10.6 Å². The largest absolute Gasteiger partial charge is 0.481 e. The minimum Gasteiger partial charge on any atom is -0.481 e. The molecule has 1 saturated carbocycles. The minimum absolute atomic E-state index is 0.0635. The number of ether oxygens (including phenoxy) is 1. The molecule has 2 aromatic carbocycles. The predicted octanol–water partition coefficient (Wildman–Crippen LogP) is 4.02. The van der Waals surface area contributed by atoms with Gasteiger partial charge in [-0.3, -0.25) is 9.59 Å². The molecule has 34 heavy (non-hydrogen) atoms. The maximum absolute atomic E-state index is 12.9. The van der Waals surface area contributed by atoms with Crippen molar-refractivity contribution in [2.45, 2.75) is 43.7 Å². The van der Waals surface area contributed by atoms with Gasteiger partial charge < -0.3 is 20.5 Å². The third-order valence-electron chi connectivity index (χ3n) is 6.48. The molecular formula is C26H30N2O5S. The molecule has 7 nitrogen and oxygen atoms in total. The monoisotopic (exact) mass is 482 g/mol. The van der Waals surface area contributed by atoms with Crippen LogP contribution in [0.15, 0.2) is 48.5 Å². The van der Waals surface area contributed by atoms with Gasteiger partial charge in [-0.05, 0) is 59.4 Å². The summed E-state index contributed by atoms with van der Waals surface area (Å²) in [4.78, 5) is 36.8. The van der Waals surface area contributed by atoms with E-state index in [0.29, 0.717) is 12.2 Å². The number of carboxylic acid groups (broad SMARTS) is 1. The lowest BCUT2D eigenvalue weighted by molar-refractivity contribution is -0.138. The van der Waals surface area contributed by atoms with Crippen LogP contribution in [-0.4, -0.2) is 53.8 Å². The molecule has 1 fully saturated rings. The topological polar surface area (TPSA) is 105 Å². The lowest BCUT2D eigenvalue weighted by Gasteiger charge is -2.23. The van der Waals surface area contributed by atoms with Gasteiger partial charge in [-0.1, -0.05) is 48.5 Å². The van der Waals surface area contributed by atoms with E-state index in [4.69, 9.17) is 9.84 Å². The summed E-state index contributed by atoms with van der Waals surface area (Å²) in [7, 11) is 0. The van der Waals surface area contributed by atoms with Gasteiger partial charge in [0.25, 0.3) is 0 Å². The van der Waals surface area contributed by atoms with E-state index < -0.39 is 24.1 Å². The van der Waals surface area contributed by atoms with E-state index >= 15 is 0 Å². The number of amides is 2. The smallest absolute Gasteiger partial charge is 0.407 e. The summed E-state index contributed by atoms with van der Waals surface area (Å²) in [5.74, 6) is -0.500. The van der Waals surface area contributed by atoms with Gasteiger partial charge in [0.05, 0.1) is 6.42 Å². The van der Waals surface area contributed by atoms with Crippen LogP contribution in [-0.2, 0) is 14.3 Å². The second-order valence-corrected chi connectivity index (χ2v) is 9.84. The first-order valence-corrected chi connectivity index (χ1v) is 13.0. The zero-order valence-electron chi connectivity index (χ0n) is 19.2. The molecule has 2 aliphatic rings. The van der Waals surface area contributed by atoms with E-state index in [9.17, 15) is 14.4 Å². The van der Waals surface area contributed by atoms with Crippen LogP contribution in [0.3, 0.4) is 0 Å². The standard InChI is InChI=1S/C26H30N2O5S/c1-34-13-12-22(25(31)27-23(14-24(29)30)16-10-11-16)28-26(32)33-15-21-19-8-4-2-6-17(19)18-7-3-5-9-20(18)21/h2-9,16,21-23H,10-15H2,1H3,(H,27,31)(H,28,32)(H,29,30). The molecule has 0 aromatic heterocycles. The SMILES string of the molecule is CSCCC(NC(=O)OCC1c2ccccc2-c2ccccc21)C(=O)NC(CC(=O)O)C1CC1. The zero-order chi connectivity index (χ0) is 24.1. The number of aliphatic carboxylic acids is 1. The molecule has 8 heteroatoms. The molecule has 180 valence electrons. The fourth-order valence-electron chi connectivity index (χ4n) is 4.59. The molecule has 0 saturated heterocycles. The van der Waals surface area contributed by atoms with Gasteiger partial charge in [0.2, 0.25) is 5.91 Å². The maximum Gasteiger partial charge on any atom is 0.407 e. The maximum atomic E-state index is 12.9. The molecule has 0 aliphatic heterocycles. The summed E-state index contributed by atoms with van der Waals surface area (Å²) in [5.41, 5.74) is 4.53. The summed E-state index contributed by atoms with van der Waals surface area (Å²) < 4.78 is 5.60. The van der Waals surface area contributed by atoms with Crippen LogP contribution >= 0.6 is 11.8 Å². The van der Waals surface area contributed by atoms with E-state index in [-0.39, 0.29) is 30.8 Å². The Labute approximate surface area is 203 Å². The molecule has 4 rings (SSSR count). The highest BCUT2D eigenvalue weighted by Crippen LogP contribution is 2.44. The van der Waals surface area contributed by atoms with Gasteiger partial charge in [-0.2, -0.15) is 11.8 Å². The molecule has 2 unspecified atom stereocenters. The fourth-order valence-corrected chi connectivity index (χ4v) is 5.06. The molecule has 2 amide bonds. The zero-order valence-corrected chi connectivity index (χ0v) is 20.0. The number of rotatable bonds is 11. The summed E-state index contributed by atoms with van der Waals surface area (Å²) in [6, 6.07) is 15.0. The third-order valence-corrected chi connectivity index (χ3v) is 7.12. The Morgan fingerprint density at radius 3 is 2.21 bits per heavy atom. The quantitative estimate of drug-likeness (QED) is 0.447. The number of thioether (sulfide) groups is 1. The van der Waals surface area contributed by atoms with Crippen molar-refractivity contribution in [1.29, 1.82) is 0 Å². The van der Waals surface area contributed by atoms with Crippen molar-refractivity contribution in [3.8, 4) is 11.1 Å². The fraction of sp³-hybridized carbons (Fsp3) is 0.423. The predicted molar refractivity (Wildman–Crippen MR) is 132 cm³/mol. The van der Waals surface area contributed by atoms with Gasteiger partial charge in [0.15, 0.2) is 0 Å². The highest BCUT2D eigenvalue weighted by atomic mass is 32.2. The van der Waals surface area contributed by atoms with Gasteiger partial charge in [-0.15, -0.1) is 0 Å². The molecular weight excluding hydrogens is 452 g/mol. The van der Waals surface area contributed by atoms with Crippen LogP contribution in [0, 0.1) is 5.92 Å². The number of nitrogens with one attached hydrogen (secondary N) is 2. The van der Waals surface area contributed by atoms with Crippen molar-refractivity contribution in [3.05, 3.63) is 59.7 Å². The Hall–Kier alpha value is -3.00. The number of hydrogen-bond acceptors (Lipinski definition) is 5. The van der Waals surface area contributed by atoms with Crippen molar-refractivity contribution in [2.24, 2.45) is 5.92 Å². The molecule has 0 bridgehead atoms. The molecule has 0 spiro atoms. The molecule has 2 atom stereocenters. The van der Waals surface area contributed by atoms with Gasteiger partial charge in [-0.25, -0.2) is 4.79 Å². The number of carbonyl (C=O) groups excluding carboxylic acids is 2. The molecule has 0 heterocycles. The van der Waals surface area contributed by atoms with Gasteiger partial charge in [0.1, 0.15) is 12.6 Å². The average Bonchev–Trinajstić information content (AvgIpc) is 3.63. The second-order valence-electron chi connectivity index (χ2n) is 8.85. The van der Waals surface area contributed by atoms with Gasteiger partial charge >= 0.3 is 12.1 Å². The highest BCUT2D eigenvalue weighted by Gasteiger charge is 2.35. The van der Waals surface area contributed by atoms with Crippen LogP contribution in [0.1, 0.15) is 42.7 Å². The first kappa shape index (κ1) is 24.1. The second kappa shape index (κ2) is 11.0. The lowest BCUT2D eigenvalue weighted by Crippen LogP contribution is -2.51. The molecule has 0 radical (unpaired) electrons. The highest BCUT2D eigenvalue weighted by molar-refractivity contribution is 7.98. The van der Waals surface area contributed by atoms with Crippen molar-refractivity contribution >= 4 is 29.7 Å². The van der Waals surface area contributed by atoms with Crippen molar-refractivity contribution in [2.75, 3.05) is 18.6 Å². The third kappa shape index (κ3) is 5.73. The summed E-state index contributed by atoms with van der Waals surface area (Å²) in [6.07, 6.45) is 3.42. The Bertz CT molecular complexity index is 1010. The summed E-state index contributed by atoms with van der Waals surface area (Å²) in [5, 5.41) is 14.7. The van der Waals surface area contributed by atoms with Crippen molar-refractivity contribution in [3.63, 3.8) is 0 Å². The normalized spacial score (nSPS) is 16.1. The number of alkyl carbamates (subject to hydrolysis) is 1. The average molecular weight is 483 g/mol. The van der Waals surface area contributed by atoms with Crippen molar-refractivity contribution in [1.82, 2.24) is 10.6 Å². The van der Waals surface area contributed by atoms with E-state index in [1.165, 1.54) is 0 Å². The Morgan fingerprint density at radius 1 is 1.03 bits per heavy atom. The summed E-state index contributed by atoms with van der Waals surface area (Å²) >= 11 is 1.57. The first-order chi connectivity index (χ1) is 16.5. The number of carbonyl (C=O) groups is 3. The van der Waals surface area contributed by atoms with E-state index in [2.05, 4.69) is 34.9 Å². The first-order valence-electron chi connectivity index (χ1n) is 11.6. The number of fused-ring (bicyclic) bond motifs is 3. The van der Waals surface area contributed by atoms with E-state index in [0.717, 1.165) is 35.1 Å². The van der Waals surface area contributed by atoms with E-state index in [1.54, 1.807) is 11.8 Å². The van der Waals surface area contributed by atoms with Crippen LogP contribution in [0.25, 0.3) is 11.1 Å². The summed E-state index contributed by atoms with van der Waals surface area (Å²) in [6.45, 7) is 0.167. The molecule has 2 aliphatic carbocycles. The minimum atomic E-state index is -0.942. The van der Waals surface area contributed by atoms with Crippen LogP contribution in [0.5, 0.6) is 0 Å². The lowest BCUT2D eigenvalue weighted by atomic mass is 9.98. The van der Waals surface area contributed by atoms with Gasteiger partial charge in [0, 0.05) is 12.0 Å². The van der Waals surface area contributed by atoms with E-state index in [1.807, 2.05) is 30.5 Å². The number of carboxylic acids is 1. The number of hydrogen-bond donors (Lipinski definition) is 3. The van der Waals surface area contributed by atoms with Crippen LogP contribution in [0.4, 0.5) is 4.79 Å².